The van der Waals surface area contributed by atoms with Crippen molar-refractivity contribution in [2.45, 2.75) is 37.5 Å². The van der Waals surface area contributed by atoms with Crippen molar-refractivity contribution in [3.63, 3.8) is 0 Å². The van der Waals surface area contributed by atoms with Crippen LogP contribution in [0.25, 0.3) is 0 Å². The normalized spacial score (nSPS) is 12.9. The van der Waals surface area contributed by atoms with Gasteiger partial charge in [0.25, 0.3) is 0 Å². The van der Waals surface area contributed by atoms with Crippen LogP contribution in [0.5, 0.6) is 0 Å². The van der Waals surface area contributed by atoms with E-state index >= 15 is 0 Å². The third-order valence-electron chi connectivity index (χ3n) is 4.16. The van der Waals surface area contributed by atoms with Gasteiger partial charge in [0.15, 0.2) is 0 Å². The molecular weight excluding hydrogens is 353 g/mol. The van der Waals surface area contributed by atoms with Crippen molar-refractivity contribution in [1.29, 1.82) is 0 Å². The third-order valence-corrected chi connectivity index (χ3v) is 17.5. The quantitative estimate of drug-likeness (QED) is 0.473. The second kappa shape index (κ2) is 11.3. The van der Waals surface area contributed by atoms with Crippen LogP contribution in [0.1, 0.15) is 19.3 Å². The van der Waals surface area contributed by atoms with Crippen molar-refractivity contribution < 1.29 is 0 Å². The van der Waals surface area contributed by atoms with E-state index in [0.29, 0.717) is 0 Å². The summed E-state index contributed by atoms with van der Waals surface area (Å²) in [5.41, 5.74) is 0. The zero-order valence-electron chi connectivity index (χ0n) is 15.2. The average molecular weight is 392 g/mol. The zero-order valence-corrected chi connectivity index (χ0v) is 18.1. The van der Waals surface area contributed by atoms with E-state index in [9.17, 15) is 0 Å². The van der Waals surface area contributed by atoms with Crippen molar-refractivity contribution in [3.8, 4) is 0 Å². The molecule has 0 aromatic carbocycles. The molecule has 0 aliphatic heterocycles. The monoisotopic (exact) mass is 393 g/mol. The van der Waals surface area contributed by atoms with Crippen molar-refractivity contribution >= 4 is 18.4 Å². The summed E-state index contributed by atoms with van der Waals surface area (Å²) in [5.74, 6) is 0. The minimum atomic E-state index is -1.83. The number of hydrogen-bond donors (Lipinski definition) is 0. The van der Waals surface area contributed by atoms with Gasteiger partial charge in [0, 0.05) is 0 Å². The van der Waals surface area contributed by atoms with E-state index in [-0.39, 0.29) is 0 Å². The van der Waals surface area contributed by atoms with Gasteiger partial charge in [-0.05, 0) is 0 Å². The average Bonchev–Trinajstić information content (AvgIpc) is 2.27. The van der Waals surface area contributed by atoms with Crippen LogP contribution in [0.3, 0.4) is 0 Å². The van der Waals surface area contributed by atoms with Crippen LogP contribution in [-0.2, 0) is 0 Å². The van der Waals surface area contributed by atoms with Crippen molar-refractivity contribution in [3.05, 3.63) is 0 Å². The first-order chi connectivity index (χ1) is 9.25. The van der Waals surface area contributed by atoms with Crippen molar-refractivity contribution in [2.24, 2.45) is 0 Å². The second-order valence-corrected chi connectivity index (χ2v) is 22.1. The van der Waals surface area contributed by atoms with Crippen LogP contribution in [0.15, 0.2) is 0 Å². The standard InChI is InChI=1S/3C5H12N.CH3.Sn/c3*1-4-5-6(2)3;;/h3*1,4-5H2,2-3H3;1H3;. The van der Waals surface area contributed by atoms with Crippen molar-refractivity contribution in [2.75, 3.05) is 61.9 Å². The molecule has 0 bridgehead atoms. The summed E-state index contributed by atoms with van der Waals surface area (Å²) in [5, 5.41) is 0. The molecule has 0 aromatic rings. The molecule has 3 nitrogen and oxygen atoms in total. The molecule has 0 aromatic heterocycles. The zero-order chi connectivity index (χ0) is 15.6. The van der Waals surface area contributed by atoms with Crippen molar-refractivity contribution in [1.82, 2.24) is 14.7 Å². The Morgan fingerprint density at radius 1 is 0.550 bits per heavy atom. The Kier molecular flexibility index (Phi) is 11.7. The predicted molar refractivity (Wildman–Crippen MR) is 95.6 cm³/mol. The molecule has 0 heterocycles. The Morgan fingerprint density at radius 3 is 1.00 bits per heavy atom. The topological polar surface area (TPSA) is 9.72 Å². The summed E-state index contributed by atoms with van der Waals surface area (Å²) in [6, 6.07) is 0. The van der Waals surface area contributed by atoms with E-state index in [2.05, 4.69) is 61.9 Å². The summed E-state index contributed by atoms with van der Waals surface area (Å²) >= 11 is -1.83. The van der Waals surface area contributed by atoms with Gasteiger partial charge < -0.3 is 0 Å². The maximum atomic E-state index is 2.72. The molecule has 0 saturated carbocycles. The van der Waals surface area contributed by atoms with Gasteiger partial charge >= 0.3 is 133 Å². The minimum absolute atomic E-state index is 1.27. The summed E-state index contributed by atoms with van der Waals surface area (Å²) in [6.07, 6.45) is 4.26. The molecule has 0 radical (unpaired) electrons. The van der Waals surface area contributed by atoms with Gasteiger partial charge in [-0.1, -0.05) is 0 Å². The first-order valence-corrected chi connectivity index (χ1v) is 17.1. The van der Waals surface area contributed by atoms with E-state index < -0.39 is 18.4 Å². The summed E-state index contributed by atoms with van der Waals surface area (Å²) in [6.45, 7) is 3.82. The first kappa shape index (κ1) is 20.7. The van der Waals surface area contributed by atoms with Crippen LogP contribution < -0.4 is 0 Å². The Morgan fingerprint density at radius 2 is 0.800 bits per heavy atom. The summed E-state index contributed by atoms with van der Waals surface area (Å²) in [7, 11) is 13.2. The molecule has 0 aliphatic rings. The van der Waals surface area contributed by atoms with Gasteiger partial charge in [0.1, 0.15) is 0 Å². The molecule has 0 amide bonds. The van der Waals surface area contributed by atoms with E-state index in [1.807, 2.05) is 0 Å². The molecule has 0 atom stereocenters. The molecule has 0 aliphatic carbocycles. The Labute approximate surface area is 132 Å². The molecule has 4 heteroatoms. The molecule has 0 saturated heterocycles. The molecule has 0 rings (SSSR count). The fraction of sp³-hybridized carbons (Fsp3) is 1.00. The number of nitrogens with zero attached hydrogens (tertiary/aromatic N) is 3. The Bertz CT molecular complexity index is 194. The fourth-order valence-corrected chi connectivity index (χ4v) is 13.6. The van der Waals surface area contributed by atoms with Crippen LogP contribution in [0.2, 0.25) is 18.2 Å². The number of hydrogen-bond acceptors (Lipinski definition) is 3. The number of rotatable bonds is 12. The molecular formula is C16H39N3Sn. The molecule has 0 spiro atoms. The molecule has 122 valence electrons. The SMILES string of the molecule is CN(C)CC[CH2][Sn]([CH3])([CH2]CCN(C)C)[CH2]CCN(C)C. The van der Waals surface area contributed by atoms with Gasteiger partial charge in [0.05, 0.1) is 0 Å². The van der Waals surface area contributed by atoms with E-state index in [1.54, 1.807) is 13.3 Å². The predicted octanol–water partition coefficient (Wildman–Crippen LogP) is 2.92. The van der Waals surface area contributed by atoms with E-state index in [4.69, 9.17) is 0 Å². The van der Waals surface area contributed by atoms with Crippen LogP contribution >= 0.6 is 0 Å². The summed E-state index contributed by atoms with van der Waals surface area (Å²) in [4.78, 5) is 9.74. The van der Waals surface area contributed by atoms with Gasteiger partial charge in [0.2, 0.25) is 0 Å². The second-order valence-electron chi connectivity index (χ2n) is 7.53. The molecule has 0 N–H and O–H groups in total. The van der Waals surface area contributed by atoms with Gasteiger partial charge in [-0.15, -0.1) is 0 Å². The van der Waals surface area contributed by atoms with Gasteiger partial charge in [-0.3, -0.25) is 0 Å². The van der Waals surface area contributed by atoms with Crippen LogP contribution in [0, 0.1) is 0 Å². The molecule has 0 fully saturated rings. The fourth-order valence-electron chi connectivity index (χ4n) is 2.84. The molecule has 0 unspecified atom stereocenters. The first-order valence-electron chi connectivity index (χ1n) is 8.19. The van der Waals surface area contributed by atoms with Gasteiger partial charge in [-0.2, -0.15) is 0 Å². The Hall–Kier alpha value is 0.679. The van der Waals surface area contributed by atoms with Gasteiger partial charge in [-0.25, -0.2) is 0 Å². The van der Waals surface area contributed by atoms with Crippen LogP contribution in [0.4, 0.5) is 0 Å². The Balaban J connectivity index is 4.18. The maximum absolute atomic E-state index is 2.72. The summed E-state index contributed by atoms with van der Waals surface area (Å²) < 4.78 is 4.73. The molecule has 20 heavy (non-hydrogen) atoms. The van der Waals surface area contributed by atoms with Crippen LogP contribution in [-0.4, -0.2) is 95.0 Å². The van der Waals surface area contributed by atoms with E-state index in [1.165, 1.54) is 38.9 Å². The van der Waals surface area contributed by atoms with E-state index in [0.717, 1.165) is 0 Å². The third kappa shape index (κ3) is 12.4.